The Hall–Kier alpha value is -2.53. The second-order valence-electron chi connectivity index (χ2n) is 4.00. The molecule has 2 rings (SSSR count). The third-order valence-electron chi connectivity index (χ3n) is 2.52. The van der Waals surface area contributed by atoms with E-state index in [1.54, 1.807) is 18.2 Å². The number of urea groups is 1. The van der Waals surface area contributed by atoms with Crippen LogP contribution in [0, 0.1) is 0 Å². The number of benzene rings is 2. The second kappa shape index (κ2) is 6.08. The molecule has 0 saturated heterocycles. The molecular formula is C14H12ClN3O2. The van der Waals surface area contributed by atoms with Crippen LogP contribution in [0.2, 0.25) is 5.02 Å². The van der Waals surface area contributed by atoms with E-state index in [1.807, 2.05) is 18.2 Å². The van der Waals surface area contributed by atoms with E-state index in [2.05, 4.69) is 10.6 Å². The zero-order valence-corrected chi connectivity index (χ0v) is 11.1. The van der Waals surface area contributed by atoms with E-state index in [0.717, 1.165) is 0 Å². The summed E-state index contributed by atoms with van der Waals surface area (Å²) >= 11 is 5.90. The van der Waals surface area contributed by atoms with Gasteiger partial charge in [0, 0.05) is 11.4 Å². The minimum absolute atomic E-state index is 0.190. The van der Waals surface area contributed by atoms with Gasteiger partial charge in [0.15, 0.2) is 0 Å². The van der Waals surface area contributed by atoms with E-state index in [9.17, 15) is 9.59 Å². The van der Waals surface area contributed by atoms with Crippen molar-refractivity contribution in [2.45, 2.75) is 0 Å². The van der Waals surface area contributed by atoms with Crippen LogP contribution in [0.4, 0.5) is 16.2 Å². The fourth-order valence-electron chi connectivity index (χ4n) is 1.61. The first-order chi connectivity index (χ1) is 9.56. The second-order valence-corrected chi connectivity index (χ2v) is 4.41. The fourth-order valence-corrected chi connectivity index (χ4v) is 1.88. The topological polar surface area (TPSA) is 84.2 Å². The van der Waals surface area contributed by atoms with Gasteiger partial charge in [0.1, 0.15) is 0 Å². The van der Waals surface area contributed by atoms with Crippen molar-refractivity contribution >= 4 is 34.9 Å². The average Bonchev–Trinajstić information content (AvgIpc) is 2.39. The van der Waals surface area contributed by atoms with E-state index in [0.29, 0.717) is 11.4 Å². The van der Waals surface area contributed by atoms with Gasteiger partial charge in [-0.3, -0.25) is 4.79 Å². The molecule has 0 unspecified atom stereocenters. The molecule has 0 heterocycles. The highest BCUT2D eigenvalue weighted by Gasteiger charge is 2.08. The van der Waals surface area contributed by atoms with Crippen molar-refractivity contribution < 1.29 is 9.59 Å². The lowest BCUT2D eigenvalue weighted by Gasteiger charge is -2.08. The molecule has 0 saturated carbocycles. The molecule has 5 nitrogen and oxygen atoms in total. The lowest BCUT2D eigenvalue weighted by molar-refractivity contribution is 0.100. The first-order valence-electron chi connectivity index (χ1n) is 5.78. The number of carbonyl (C=O) groups excluding carboxylic acids is 2. The fraction of sp³-hybridized carbons (Fsp3) is 0. The highest BCUT2D eigenvalue weighted by Crippen LogP contribution is 2.20. The van der Waals surface area contributed by atoms with E-state index in [4.69, 9.17) is 17.3 Å². The Morgan fingerprint density at radius 1 is 0.950 bits per heavy atom. The third kappa shape index (κ3) is 3.49. The third-order valence-corrected chi connectivity index (χ3v) is 2.84. The van der Waals surface area contributed by atoms with Gasteiger partial charge >= 0.3 is 6.03 Å². The zero-order chi connectivity index (χ0) is 14.5. The molecule has 0 aliphatic carbocycles. The number of nitrogens with two attached hydrogens (primary N) is 1. The monoisotopic (exact) mass is 289 g/mol. The van der Waals surface area contributed by atoms with Crippen LogP contribution in [0.1, 0.15) is 10.4 Å². The van der Waals surface area contributed by atoms with Crippen LogP contribution < -0.4 is 16.4 Å². The van der Waals surface area contributed by atoms with Crippen molar-refractivity contribution in [2.24, 2.45) is 5.73 Å². The summed E-state index contributed by atoms with van der Waals surface area (Å²) in [6.45, 7) is 0. The van der Waals surface area contributed by atoms with Crippen molar-refractivity contribution in [3.05, 3.63) is 59.1 Å². The molecule has 0 spiro atoms. The predicted molar refractivity (Wildman–Crippen MR) is 79.1 cm³/mol. The molecule has 0 radical (unpaired) electrons. The smallest absolute Gasteiger partial charge is 0.323 e. The highest BCUT2D eigenvalue weighted by molar-refractivity contribution is 6.34. The van der Waals surface area contributed by atoms with Crippen molar-refractivity contribution in [1.82, 2.24) is 0 Å². The van der Waals surface area contributed by atoms with Gasteiger partial charge in [-0.25, -0.2) is 4.79 Å². The number of para-hydroxylation sites is 1. The maximum Gasteiger partial charge on any atom is 0.323 e. The van der Waals surface area contributed by atoms with Gasteiger partial charge in [0.25, 0.3) is 0 Å². The summed E-state index contributed by atoms with van der Waals surface area (Å²) < 4.78 is 0. The summed E-state index contributed by atoms with van der Waals surface area (Å²) in [6.07, 6.45) is 0. The SMILES string of the molecule is NC(=O)c1ccc(NC(=O)Nc2ccccc2)cc1Cl. The maximum absolute atomic E-state index is 11.8. The van der Waals surface area contributed by atoms with Gasteiger partial charge in [-0.15, -0.1) is 0 Å². The number of hydrogen-bond donors (Lipinski definition) is 3. The minimum atomic E-state index is -0.615. The molecule has 0 aliphatic rings. The number of amides is 3. The van der Waals surface area contributed by atoms with Crippen LogP contribution in [0.5, 0.6) is 0 Å². The molecule has 0 fully saturated rings. The van der Waals surface area contributed by atoms with Crippen LogP contribution in [-0.2, 0) is 0 Å². The van der Waals surface area contributed by atoms with Gasteiger partial charge in [-0.05, 0) is 30.3 Å². The van der Waals surface area contributed by atoms with Crippen LogP contribution in [-0.4, -0.2) is 11.9 Å². The van der Waals surface area contributed by atoms with Crippen LogP contribution in [0.3, 0.4) is 0 Å². The summed E-state index contributed by atoms with van der Waals surface area (Å²) in [5, 5.41) is 5.46. The number of anilines is 2. The highest BCUT2D eigenvalue weighted by atomic mass is 35.5. The minimum Gasteiger partial charge on any atom is -0.366 e. The summed E-state index contributed by atoms with van der Waals surface area (Å²) in [4.78, 5) is 22.8. The van der Waals surface area contributed by atoms with Crippen molar-refractivity contribution in [3.63, 3.8) is 0 Å². The Balaban J connectivity index is 2.05. The van der Waals surface area contributed by atoms with Gasteiger partial charge in [-0.2, -0.15) is 0 Å². The molecule has 0 bridgehead atoms. The summed E-state index contributed by atoms with van der Waals surface area (Å²) in [7, 11) is 0. The van der Waals surface area contributed by atoms with Crippen molar-refractivity contribution in [2.75, 3.05) is 10.6 Å². The molecule has 0 aliphatic heterocycles. The summed E-state index contributed by atoms with van der Waals surface area (Å²) in [5.74, 6) is -0.615. The molecule has 2 aromatic carbocycles. The van der Waals surface area contributed by atoms with Crippen molar-refractivity contribution in [1.29, 1.82) is 0 Å². The van der Waals surface area contributed by atoms with Gasteiger partial charge < -0.3 is 16.4 Å². The molecule has 20 heavy (non-hydrogen) atoms. The van der Waals surface area contributed by atoms with Crippen LogP contribution >= 0.6 is 11.6 Å². The molecule has 4 N–H and O–H groups in total. The van der Waals surface area contributed by atoms with Crippen LogP contribution in [0.15, 0.2) is 48.5 Å². The number of halogens is 1. The standard InChI is InChI=1S/C14H12ClN3O2/c15-12-8-10(6-7-11(12)13(16)19)18-14(20)17-9-4-2-1-3-5-9/h1-8H,(H2,16,19)(H2,17,18,20). The molecule has 0 aromatic heterocycles. The van der Waals surface area contributed by atoms with Gasteiger partial charge in [0.2, 0.25) is 5.91 Å². The van der Waals surface area contributed by atoms with E-state index in [1.165, 1.54) is 12.1 Å². The molecule has 0 atom stereocenters. The number of hydrogen-bond acceptors (Lipinski definition) is 2. The van der Waals surface area contributed by atoms with E-state index in [-0.39, 0.29) is 10.6 Å². The zero-order valence-electron chi connectivity index (χ0n) is 10.4. The normalized spacial score (nSPS) is 9.85. The van der Waals surface area contributed by atoms with E-state index >= 15 is 0 Å². The Kier molecular flexibility index (Phi) is 4.22. The summed E-state index contributed by atoms with van der Waals surface area (Å²) in [6, 6.07) is 13.1. The van der Waals surface area contributed by atoms with Crippen LogP contribution in [0.25, 0.3) is 0 Å². The number of nitrogens with one attached hydrogen (secondary N) is 2. The van der Waals surface area contributed by atoms with Gasteiger partial charge in [0.05, 0.1) is 10.6 Å². The van der Waals surface area contributed by atoms with Crippen molar-refractivity contribution in [3.8, 4) is 0 Å². The van der Waals surface area contributed by atoms with Gasteiger partial charge in [-0.1, -0.05) is 29.8 Å². The number of carbonyl (C=O) groups is 2. The largest absolute Gasteiger partial charge is 0.366 e. The summed E-state index contributed by atoms with van der Waals surface area (Å²) in [5.41, 5.74) is 6.49. The Bertz CT molecular complexity index is 644. The molecule has 6 heteroatoms. The molecule has 3 amide bonds. The maximum atomic E-state index is 11.8. The number of primary amides is 1. The Morgan fingerprint density at radius 3 is 2.20 bits per heavy atom. The van der Waals surface area contributed by atoms with E-state index < -0.39 is 11.9 Å². The average molecular weight is 290 g/mol. The molecular weight excluding hydrogens is 278 g/mol. The lowest BCUT2D eigenvalue weighted by atomic mass is 10.2. The first-order valence-corrected chi connectivity index (χ1v) is 6.16. The Morgan fingerprint density at radius 2 is 1.60 bits per heavy atom. The Labute approximate surface area is 120 Å². The number of rotatable bonds is 3. The molecule has 2 aromatic rings. The predicted octanol–water partition coefficient (Wildman–Crippen LogP) is 3.08. The first kappa shape index (κ1) is 13.9. The quantitative estimate of drug-likeness (QED) is 0.811. The lowest BCUT2D eigenvalue weighted by Crippen LogP contribution is -2.19. The molecule has 102 valence electrons.